The van der Waals surface area contributed by atoms with Crippen LogP contribution in [0.1, 0.15) is 34.1 Å². The number of hydrogen-bond acceptors (Lipinski definition) is 2. The Morgan fingerprint density at radius 1 is 1.17 bits per heavy atom. The molecule has 0 saturated carbocycles. The molecule has 29 heavy (non-hydrogen) atoms. The minimum absolute atomic E-state index is 0.318. The van der Waals surface area contributed by atoms with Gasteiger partial charge in [-0.15, -0.1) is 6.58 Å². The van der Waals surface area contributed by atoms with E-state index in [1.54, 1.807) is 31.0 Å². The second-order valence-electron chi connectivity index (χ2n) is 7.00. The zero-order valence-corrected chi connectivity index (χ0v) is 19.3. The maximum absolute atomic E-state index is 14.2. The molecule has 0 aromatic rings. The first kappa shape index (κ1) is 26.7. The Kier molecular flexibility index (Phi) is 12.7. The Morgan fingerprint density at radius 2 is 1.83 bits per heavy atom. The first-order valence-corrected chi connectivity index (χ1v) is 10.3. The van der Waals surface area contributed by atoms with Crippen LogP contribution in [0.2, 0.25) is 0 Å². The Labute approximate surface area is 181 Å². The van der Waals surface area contributed by atoms with Crippen molar-refractivity contribution in [3.8, 4) is 0 Å². The maximum atomic E-state index is 14.2. The van der Waals surface area contributed by atoms with Crippen LogP contribution in [0, 0.1) is 5.41 Å². The topological polar surface area (TPSA) is 24.4 Å². The molecule has 2 nitrogen and oxygen atoms in total. The summed E-state index contributed by atoms with van der Waals surface area (Å²) in [7, 11) is 1.70. The fraction of sp³-hybridized carbons (Fsp3) is 0.320. The third kappa shape index (κ3) is 10.1. The van der Waals surface area contributed by atoms with Gasteiger partial charge in [-0.3, -0.25) is 4.99 Å². The van der Waals surface area contributed by atoms with Crippen LogP contribution in [0.3, 0.4) is 0 Å². The van der Waals surface area contributed by atoms with Gasteiger partial charge in [-0.1, -0.05) is 75.7 Å². The second kappa shape index (κ2) is 13.8. The van der Waals surface area contributed by atoms with Gasteiger partial charge in [0.1, 0.15) is 11.7 Å². The number of aliphatic imine (C=N–C) groups is 1. The molecule has 0 aliphatic carbocycles. The van der Waals surface area contributed by atoms with Crippen molar-refractivity contribution < 1.29 is 4.39 Å². The number of nitrogens with zero attached hydrogens (tertiary/aromatic N) is 1. The summed E-state index contributed by atoms with van der Waals surface area (Å²) in [5.41, 5.74) is 0.775. The van der Waals surface area contributed by atoms with Crippen molar-refractivity contribution >= 4 is 17.6 Å². The van der Waals surface area contributed by atoms with Gasteiger partial charge in [0, 0.05) is 23.9 Å². The Morgan fingerprint density at radius 3 is 2.34 bits per heavy atom. The highest BCUT2D eigenvalue weighted by molar-refractivity contribution is 8.06. The van der Waals surface area contributed by atoms with Gasteiger partial charge >= 0.3 is 0 Å². The normalized spacial score (nSPS) is 13.8. The van der Waals surface area contributed by atoms with Crippen molar-refractivity contribution in [1.82, 2.24) is 5.32 Å². The summed E-state index contributed by atoms with van der Waals surface area (Å²) in [4.78, 5) is 6.30. The molecular formula is C25H35FN2S. The summed E-state index contributed by atoms with van der Waals surface area (Å²) in [6.45, 7) is 24.1. The lowest BCUT2D eigenvalue weighted by atomic mass is 9.84. The molecule has 0 aromatic carbocycles. The molecule has 0 radical (unpaired) electrons. The van der Waals surface area contributed by atoms with Crippen molar-refractivity contribution in [3.05, 3.63) is 95.6 Å². The van der Waals surface area contributed by atoms with Gasteiger partial charge in [-0.2, -0.15) is 0 Å². The number of halogens is 1. The molecule has 0 fully saturated rings. The van der Waals surface area contributed by atoms with Gasteiger partial charge in [-0.05, 0) is 48.5 Å². The Hall–Kier alpha value is -2.33. The molecule has 0 amide bonds. The van der Waals surface area contributed by atoms with Crippen molar-refractivity contribution in [3.63, 3.8) is 0 Å². The SMILES string of the molecule is C=CC/C(=C/C)SC(=C)C(=C)/C=C\C(=NC)NCC(C)(C)C(=C)/C(F)=C\C=C/C. The highest BCUT2D eigenvalue weighted by Gasteiger charge is 2.24. The summed E-state index contributed by atoms with van der Waals surface area (Å²) < 4.78 is 14.2. The first-order chi connectivity index (χ1) is 13.6. The third-order valence-corrected chi connectivity index (χ3v) is 5.39. The molecule has 158 valence electrons. The van der Waals surface area contributed by atoms with Gasteiger partial charge in [0.05, 0.1) is 0 Å². The summed E-state index contributed by atoms with van der Waals surface area (Å²) in [5, 5.41) is 3.26. The molecule has 0 aliphatic rings. The van der Waals surface area contributed by atoms with E-state index in [9.17, 15) is 4.39 Å². The quantitative estimate of drug-likeness (QED) is 0.155. The van der Waals surface area contributed by atoms with E-state index >= 15 is 0 Å². The number of hydrogen-bond donors (Lipinski definition) is 1. The van der Waals surface area contributed by atoms with Crippen LogP contribution in [-0.4, -0.2) is 19.4 Å². The molecule has 0 atom stereocenters. The highest BCUT2D eigenvalue weighted by atomic mass is 32.2. The lowest BCUT2D eigenvalue weighted by molar-refractivity contribution is 0.424. The fourth-order valence-electron chi connectivity index (χ4n) is 2.09. The zero-order valence-electron chi connectivity index (χ0n) is 18.5. The van der Waals surface area contributed by atoms with Crippen molar-refractivity contribution in [2.45, 2.75) is 34.1 Å². The average molecular weight is 415 g/mol. The molecule has 0 aliphatic heterocycles. The molecule has 0 heterocycles. The van der Waals surface area contributed by atoms with Crippen LogP contribution in [0.15, 0.2) is 101 Å². The van der Waals surface area contributed by atoms with E-state index in [-0.39, 0.29) is 5.83 Å². The molecule has 1 N–H and O–H groups in total. The summed E-state index contributed by atoms with van der Waals surface area (Å²) >= 11 is 1.59. The molecule has 4 heteroatoms. The van der Waals surface area contributed by atoms with E-state index in [0.29, 0.717) is 18.0 Å². The predicted molar refractivity (Wildman–Crippen MR) is 132 cm³/mol. The van der Waals surface area contributed by atoms with E-state index in [4.69, 9.17) is 0 Å². The fourth-order valence-corrected chi connectivity index (χ4v) is 2.93. The Balaban J connectivity index is 4.97. The standard InChI is InChI=1S/C25H35FN2S/c1-10-13-15-23(26)20(5)25(7,8)18-28-24(27-9)17-16-19(4)21(6)29-22(12-3)14-11-2/h10-13,15-17H,2,4-6,14,18H2,1,3,7-9H3,(H,27,28)/b13-10-,17-16-,22-12-,23-15+. The van der Waals surface area contributed by atoms with E-state index < -0.39 is 5.41 Å². The first-order valence-electron chi connectivity index (χ1n) is 9.52. The molecule has 0 unspecified atom stereocenters. The third-order valence-electron chi connectivity index (χ3n) is 4.21. The van der Waals surface area contributed by atoms with E-state index in [0.717, 1.165) is 16.9 Å². The monoisotopic (exact) mass is 414 g/mol. The lowest BCUT2D eigenvalue weighted by Crippen LogP contribution is -2.34. The molecule has 0 rings (SSSR count). The van der Waals surface area contributed by atoms with Crippen LogP contribution in [0.25, 0.3) is 0 Å². The average Bonchev–Trinajstić information content (AvgIpc) is 2.70. The maximum Gasteiger partial charge on any atom is 0.126 e. The Bertz CT molecular complexity index is 762. The van der Waals surface area contributed by atoms with Crippen molar-refractivity contribution in [1.29, 1.82) is 0 Å². The summed E-state index contributed by atoms with van der Waals surface area (Å²) in [6.07, 6.45) is 13.3. The smallest absolute Gasteiger partial charge is 0.126 e. The van der Waals surface area contributed by atoms with Crippen LogP contribution >= 0.6 is 11.8 Å². The van der Waals surface area contributed by atoms with Crippen molar-refractivity contribution in [2.75, 3.05) is 13.6 Å². The molecule has 0 aromatic heterocycles. The van der Waals surface area contributed by atoms with Gasteiger partial charge < -0.3 is 5.32 Å². The molecule has 0 saturated heterocycles. The molecule has 0 spiro atoms. The van der Waals surface area contributed by atoms with Crippen LogP contribution in [-0.2, 0) is 0 Å². The van der Waals surface area contributed by atoms with Gasteiger partial charge in [0.25, 0.3) is 0 Å². The highest BCUT2D eigenvalue weighted by Crippen LogP contribution is 2.32. The summed E-state index contributed by atoms with van der Waals surface area (Å²) in [6, 6.07) is 0. The largest absolute Gasteiger partial charge is 0.370 e. The second-order valence-corrected chi connectivity index (χ2v) is 8.22. The summed E-state index contributed by atoms with van der Waals surface area (Å²) in [5.74, 6) is 0.362. The zero-order chi connectivity index (χ0) is 22.4. The minimum atomic E-state index is -0.478. The number of nitrogens with one attached hydrogen (secondary N) is 1. The van der Waals surface area contributed by atoms with Crippen LogP contribution in [0.4, 0.5) is 4.39 Å². The number of rotatable bonds is 12. The van der Waals surface area contributed by atoms with E-state index in [2.05, 4.69) is 36.6 Å². The lowest BCUT2D eigenvalue weighted by Gasteiger charge is -2.27. The molecular weight excluding hydrogens is 379 g/mol. The van der Waals surface area contributed by atoms with Crippen LogP contribution in [0.5, 0.6) is 0 Å². The van der Waals surface area contributed by atoms with Crippen LogP contribution < -0.4 is 5.32 Å². The van der Waals surface area contributed by atoms with Gasteiger partial charge in [0.15, 0.2) is 0 Å². The number of thioether (sulfide) groups is 1. The number of amidine groups is 1. The van der Waals surface area contributed by atoms with Crippen molar-refractivity contribution in [2.24, 2.45) is 10.4 Å². The van der Waals surface area contributed by atoms with E-state index in [1.165, 1.54) is 11.0 Å². The predicted octanol–water partition coefficient (Wildman–Crippen LogP) is 7.46. The van der Waals surface area contributed by atoms with E-state index in [1.807, 2.05) is 52.0 Å². The number of allylic oxidation sites excluding steroid dienone is 9. The van der Waals surface area contributed by atoms with Gasteiger partial charge in [-0.25, -0.2) is 4.39 Å². The minimum Gasteiger partial charge on any atom is -0.370 e. The van der Waals surface area contributed by atoms with Gasteiger partial charge in [0.2, 0.25) is 0 Å². The molecule has 0 bridgehead atoms.